The number of piperidine rings is 1. The van der Waals surface area contributed by atoms with Crippen LogP contribution in [0.5, 0.6) is 0 Å². The fraction of sp³-hybridized carbons (Fsp3) is 0.588. The van der Waals surface area contributed by atoms with Crippen LogP contribution < -0.4 is 10.6 Å². The van der Waals surface area contributed by atoms with Gasteiger partial charge >= 0.3 is 0 Å². The summed E-state index contributed by atoms with van der Waals surface area (Å²) in [5, 5.41) is 6.48. The van der Waals surface area contributed by atoms with Gasteiger partial charge < -0.3 is 10.6 Å². The van der Waals surface area contributed by atoms with Gasteiger partial charge in [-0.15, -0.1) is 0 Å². The van der Waals surface area contributed by atoms with Gasteiger partial charge in [0.25, 0.3) is 0 Å². The molecular weight excluding hydrogens is 248 g/mol. The molecule has 2 N–H and O–H groups in total. The Kier molecular flexibility index (Phi) is 5.18. The number of aryl methyl sites for hydroxylation is 1. The van der Waals surface area contributed by atoms with Crippen LogP contribution in [-0.4, -0.2) is 18.5 Å². The molecule has 1 amide bonds. The van der Waals surface area contributed by atoms with Gasteiger partial charge in [-0.25, -0.2) is 0 Å². The summed E-state index contributed by atoms with van der Waals surface area (Å²) in [5.41, 5.74) is 2.40. The molecule has 0 aromatic heterocycles. The molecular formula is C17H26N2O. The molecule has 3 heteroatoms. The highest BCUT2D eigenvalue weighted by atomic mass is 16.2. The SMILES string of the molecule is CCC1CCNC(C(=O)N[C@H](C)c2cccc(C)c2)C1. The second kappa shape index (κ2) is 6.89. The lowest BCUT2D eigenvalue weighted by Crippen LogP contribution is -2.49. The number of carbonyl (C=O) groups excluding carboxylic acids is 1. The number of benzene rings is 1. The van der Waals surface area contributed by atoms with Crippen molar-refractivity contribution in [1.29, 1.82) is 0 Å². The van der Waals surface area contributed by atoms with E-state index in [1.165, 1.54) is 24.0 Å². The maximum atomic E-state index is 12.4. The summed E-state index contributed by atoms with van der Waals surface area (Å²) < 4.78 is 0. The average Bonchev–Trinajstić information content (AvgIpc) is 2.47. The van der Waals surface area contributed by atoms with E-state index in [2.05, 4.69) is 42.7 Å². The lowest BCUT2D eigenvalue weighted by atomic mass is 9.90. The average molecular weight is 274 g/mol. The number of rotatable bonds is 4. The van der Waals surface area contributed by atoms with E-state index in [-0.39, 0.29) is 18.0 Å². The number of nitrogens with one attached hydrogen (secondary N) is 2. The number of amides is 1. The number of hydrogen-bond donors (Lipinski definition) is 2. The van der Waals surface area contributed by atoms with Crippen molar-refractivity contribution in [2.24, 2.45) is 5.92 Å². The highest BCUT2D eigenvalue weighted by molar-refractivity contribution is 5.82. The maximum absolute atomic E-state index is 12.4. The molecule has 1 heterocycles. The molecule has 0 saturated carbocycles. The Bertz CT molecular complexity index is 458. The Morgan fingerprint density at radius 2 is 2.30 bits per heavy atom. The van der Waals surface area contributed by atoms with E-state index in [0.717, 1.165) is 13.0 Å². The highest BCUT2D eigenvalue weighted by Crippen LogP contribution is 2.20. The van der Waals surface area contributed by atoms with Crippen molar-refractivity contribution in [1.82, 2.24) is 10.6 Å². The zero-order valence-electron chi connectivity index (χ0n) is 12.8. The van der Waals surface area contributed by atoms with Crippen molar-refractivity contribution in [3.05, 3.63) is 35.4 Å². The summed E-state index contributed by atoms with van der Waals surface area (Å²) in [6.07, 6.45) is 3.31. The number of carbonyl (C=O) groups is 1. The zero-order chi connectivity index (χ0) is 14.5. The van der Waals surface area contributed by atoms with Gasteiger partial charge in [0.05, 0.1) is 12.1 Å². The van der Waals surface area contributed by atoms with Gasteiger partial charge in [0.15, 0.2) is 0 Å². The Labute approximate surface area is 122 Å². The van der Waals surface area contributed by atoms with Gasteiger partial charge in [0.2, 0.25) is 5.91 Å². The van der Waals surface area contributed by atoms with Crippen LogP contribution in [0.2, 0.25) is 0 Å². The maximum Gasteiger partial charge on any atom is 0.237 e. The summed E-state index contributed by atoms with van der Waals surface area (Å²) >= 11 is 0. The predicted octanol–water partition coefficient (Wildman–Crippen LogP) is 2.95. The van der Waals surface area contributed by atoms with E-state index in [1.807, 2.05) is 13.0 Å². The minimum Gasteiger partial charge on any atom is -0.348 e. The summed E-state index contributed by atoms with van der Waals surface area (Å²) in [6, 6.07) is 8.35. The minimum atomic E-state index is -0.0269. The molecule has 1 saturated heterocycles. The van der Waals surface area contributed by atoms with E-state index in [1.54, 1.807) is 0 Å². The van der Waals surface area contributed by atoms with E-state index >= 15 is 0 Å². The lowest BCUT2D eigenvalue weighted by Gasteiger charge is -2.30. The normalized spacial score (nSPS) is 24.1. The molecule has 0 radical (unpaired) electrons. The van der Waals surface area contributed by atoms with Crippen molar-refractivity contribution >= 4 is 5.91 Å². The van der Waals surface area contributed by atoms with Crippen molar-refractivity contribution in [3.8, 4) is 0 Å². The third-order valence-electron chi connectivity index (χ3n) is 4.31. The Morgan fingerprint density at radius 3 is 3.00 bits per heavy atom. The third-order valence-corrected chi connectivity index (χ3v) is 4.31. The molecule has 3 atom stereocenters. The summed E-state index contributed by atoms with van der Waals surface area (Å²) in [5.74, 6) is 0.818. The molecule has 20 heavy (non-hydrogen) atoms. The molecule has 0 aliphatic carbocycles. The monoisotopic (exact) mass is 274 g/mol. The fourth-order valence-electron chi connectivity index (χ4n) is 2.90. The van der Waals surface area contributed by atoms with E-state index < -0.39 is 0 Å². The van der Waals surface area contributed by atoms with Gasteiger partial charge in [-0.05, 0) is 44.7 Å². The first kappa shape index (κ1) is 15.0. The van der Waals surface area contributed by atoms with Crippen LogP contribution in [0.4, 0.5) is 0 Å². The first-order valence-corrected chi connectivity index (χ1v) is 7.70. The largest absolute Gasteiger partial charge is 0.348 e. The first-order valence-electron chi connectivity index (χ1n) is 7.70. The van der Waals surface area contributed by atoms with Crippen LogP contribution in [-0.2, 0) is 4.79 Å². The van der Waals surface area contributed by atoms with Gasteiger partial charge in [0, 0.05) is 0 Å². The Hall–Kier alpha value is -1.35. The molecule has 1 aromatic carbocycles. The standard InChI is InChI=1S/C17H26N2O/c1-4-14-8-9-18-16(11-14)17(20)19-13(3)15-7-5-6-12(2)10-15/h5-7,10,13-14,16,18H,4,8-9,11H2,1-3H3,(H,19,20)/t13-,14?,16?/m1/s1. The van der Waals surface area contributed by atoms with Crippen molar-refractivity contribution in [3.63, 3.8) is 0 Å². The quantitative estimate of drug-likeness (QED) is 0.886. The van der Waals surface area contributed by atoms with Crippen LogP contribution in [0.3, 0.4) is 0 Å². The van der Waals surface area contributed by atoms with Gasteiger partial charge in [-0.1, -0.05) is 43.2 Å². The summed E-state index contributed by atoms with van der Waals surface area (Å²) in [7, 11) is 0. The molecule has 3 nitrogen and oxygen atoms in total. The molecule has 1 aliphatic rings. The molecule has 2 unspecified atom stereocenters. The van der Waals surface area contributed by atoms with E-state index in [4.69, 9.17) is 0 Å². The van der Waals surface area contributed by atoms with E-state index in [0.29, 0.717) is 5.92 Å². The zero-order valence-corrected chi connectivity index (χ0v) is 12.8. The third kappa shape index (κ3) is 3.83. The predicted molar refractivity (Wildman–Crippen MR) is 82.5 cm³/mol. The van der Waals surface area contributed by atoms with Gasteiger partial charge in [-0.3, -0.25) is 4.79 Å². The smallest absolute Gasteiger partial charge is 0.237 e. The van der Waals surface area contributed by atoms with Gasteiger partial charge in [0.1, 0.15) is 0 Å². The van der Waals surface area contributed by atoms with Crippen molar-refractivity contribution in [2.45, 2.75) is 52.1 Å². The highest BCUT2D eigenvalue weighted by Gasteiger charge is 2.26. The minimum absolute atomic E-state index is 0.0269. The van der Waals surface area contributed by atoms with Crippen LogP contribution in [0, 0.1) is 12.8 Å². The second-order valence-electron chi connectivity index (χ2n) is 5.95. The Balaban J connectivity index is 1.93. The topological polar surface area (TPSA) is 41.1 Å². The molecule has 1 fully saturated rings. The second-order valence-corrected chi connectivity index (χ2v) is 5.95. The molecule has 0 bridgehead atoms. The molecule has 1 aliphatic heterocycles. The van der Waals surface area contributed by atoms with Crippen molar-refractivity contribution < 1.29 is 4.79 Å². The van der Waals surface area contributed by atoms with Crippen molar-refractivity contribution in [2.75, 3.05) is 6.54 Å². The molecule has 1 aromatic rings. The Morgan fingerprint density at radius 1 is 1.50 bits per heavy atom. The van der Waals surface area contributed by atoms with Gasteiger partial charge in [-0.2, -0.15) is 0 Å². The lowest BCUT2D eigenvalue weighted by molar-refractivity contribution is -0.124. The van der Waals surface area contributed by atoms with E-state index in [9.17, 15) is 4.79 Å². The van der Waals surface area contributed by atoms with Crippen LogP contribution in [0.15, 0.2) is 24.3 Å². The first-order chi connectivity index (χ1) is 9.60. The summed E-state index contributed by atoms with van der Waals surface area (Å²) in [6.45, 7) is 7.29. The van der Waals surface area contributed by atoms with Crippen LogP contribution in [0.1, 0.15) is 50.3 Å². The molecule has 2 rings (SSSR count). The molecule has 110 valence electrons. The molecule has 0 spiro atoms. The van der Waals surface area contributed by atoms with Crippen LogP contribution >= 0.6 is 0 Å². The summed E-state index contributed by atoms with van der Waals surface area (Å²) in [4.78, 5) is 12.4. The van der Waals surface area contributed by atoms with Crippen LogP contribution in [0.25, 0.3) is 0 Å². The fourth-order valence-corrected chi connectivity index (χ4v) is 2.90. The number of hydrogen-bond acceptors (Lipinski definition) is 2.